The Labute approximate surface area is 221 Å². The van der Waals surface area contributed by atoms with Crippen molar-refractivity contribution in [2.24, 2.45) is 11.7 Å². The van der Waals surface area contributed by atoms with Crippen molar-refractivity contribution < 1.29 is 23.0 Å². The highest BCUT2D eigenvalue weighted by atomic mass is 32.2. The maximum Gasteiger partial charge on any atom is 0.224 e. The molecule has 0 radical (unpaired) electrons. The van der Waals surface area contributed by atoms with E-state index >= 15 is 0 Å². The predicted molar refractivity (Wildman–Crippen MR) is 145 cm³/mol. The summed E-state index contributed by atoms with van der Waals surface area (Å²) in [4.78, 5) is 22.8. The number of primary amides is 1. The maximum atomic E-state index is 12.7. The Hall–Kier alpha value is -4.42. The molecular formula is C26H25N6O5S-. The van der Waals surface area contributed by atoms with Gasteiger partial charge in [0.05, 0.1) is 48.1 Å². The van der Waals surface area contributed by atoms with E-state index in [0.717, 1.165) is 9.99 Å². The van der Waals surface area contributed by atoms with Crippen molar-refractivity contribution in [2.45, 2.75) is 0 Å². The first-order valence-electron chi connectivity index (χ1n) is 11.7. The van der Waals surface area contributed by atoms with E-state index < -0.39 is 11.3 Å². The Bertz CT molecular complexity index is 1510. The van der Waals surface area contributed by atoms with Gasteiger partial charge in [-0.25, -0.2) is 9.97 Å². The van der Waals surface area contributed by atoms with Crippen LogP contribution in [-0.2, 0) is 16.1 Å². The van der Waals surface area contributed by atoms with Gasteiger partial charge in [0, 0.05) is 42.7 Å². The lowest BCUT2D eigenvalue weighted by Gasteiger charge is -2.39. The second-order valence-electron chi connectivity index (χ2n) is 8.65. The first kappa shape index (κ1) is 25.2. The third-order valence-corrected chi connectivity index (χ3v) is 6.90. The molecule has 4 aromatic rings. The quantitative estimate of drug-likeness (QED) is 0.310. The summed E-state index contributed by atoms with van der Waals surface area (Å²) < 4.78 is 37.1. The minimum Gasteiger partial charge on any atom is -0.755 e. The standard InChI is InChI=1S/C26H26N6O5S/c1-36-20-10-17(11-21(13-20)37-2)28-25-26(30-23-9-4-3-8-22(23)29-25)32(38(34)35)19-7-5-6-18(12-19)31-14-16(15-31)24(27)33/h3-13,16H,14-15H2,1-2H3,(H2,27,33)(H,28,29)(H,34,35)/p-1. The van der Waals surface area contributed by atoms with E-state index in [2.05, 4.69) is 10.3 Å². The molecule has 1 aromatic heterocycles. The van der Waals surface area contributed by atoms with Crippen LogP contribution in [0.4, 0.5) is 28.7 Å². The number of hydrogen-bond donors (Lipinski definition) is 2. The van der Waals surface area contributed by atoms with Crippen LogP contribution < -0.4 is 29.7 Å². The Morgan fingerprint density at radius 3 is 2.29 bits per heavy atom. The number of carbonyl (C=O) groups is 1. The molecule has 38 heavy (non-hydrogen) atoms. The van der Waals surface area contributed by atoms with Crippen LogP contribution in [0.2, 0.25) is 0 Å². The zero-order valence-corrected chi connectivity index (χ0v) is 21.5. The van der Waals surface area contributed by atoms with Gasteiger partial charge in [0.25, 0.3) is 0 Å². The summed E-state index contributed by atoms with van der Waals surface area (Å²) in [6.45, 7) is 0.943. The zero-order valence-electron chi connectivity index (χ0n) is 20.7. The van der Waals surface area contributed by atoms with Gasteiger partial charge in [-0.1, -0.05) is 18.2 Å². The van der Waals surface area contributed by atoms with Crippen LogP contribution in [0.15, 0.2) is 66.7 Å². The number of nitrogens with zero attached hydrogens (tertiary/aromatic N) is 4. The van der Waals surface area contributed by atoms with E-state index in [9.17, 15) is 13.6 Å². The van der Waals surface area contributed by atoms with Gasteiger partial charge in [-0.2, -0.15) is 0 Å². The van der Waals surface area contributed by atoms with Crippen LogP contribution >= 0.6 is 0 Å². The van der Waals surface area contributed by atoms with Gasteiger partial charge in [-0.15, -0.1) is 0 Å². The normalized spacial score (nSPS) is 14.0. The minimum atomic E-state index is -2.75. The fraction of sp³-hybridized carbons (Fsp3) is 0.192. The molecular weight excluding hydrogens is 508 g/mol. The van der Waals surface area contributed by atoms with Gasteiger partial charge < -0.3 is 30.0 Å². The molecule has 196 valence electrons. The Kier molecular flexibility index (Phi) is 6.99. The van der Waals surface area contributed by atoms with E-state index in [-0.39, 0.29) is 23.5 Å². The fourth-order valence-electron chi connectivity index (χ4n) is 4.20. The average molecular weight is 534 g/mol. The number of ether oxygens (including phenoxy) is 2. The number of methoxy groups -OCH3 is 2. The molecule has 1 amide bonds. The Morgan fingerprint density at radius 2 is 1.68 bits per heavy atom. The number of fused-ring (bicyclic) bond motifs is 1. The number of hydrogen-bond acceptors (Lipinski definition) is 9. The summed E-state index contributed by atoms with van der Waals surface area (Å²) in [6, 6.07) is 19.4. The molecule has 11 nitrogen and oxygen atoms in total. The van der Waals surface area contributed by atoms with Gasteiger partial charge in [0.2, 0.25) is 5.91 Å². The molecule has 5 rings (SSSR count). The van der Waals surface area contributed by atoms with Gasteiger partial charge in [0.15, 0.2) is 11.6 Å². The molecule has 0 spiro atoms. The van der Waals surface area contributed by atoms with Crippen LogP contribution in [0.5, 0.6) is 11.5 Å². The molecule has 1 aliphatic rings. The lowest BCUT2D eigenvalue weighted by atomic mass is 9.98. The number of anilines is 5. The zero-order chi connectivity index (χ0) is 26.8. The summed E-state index contributed by atoms with van der Waals surface area (Å²) in [7, 11) is 3.08. The lowest BCUT2D eigenvalue weighted by molar-refractivity contribution is -0.122. The monoisotopic (exact) mass is 533 g/mol. The highest BCUT2D eigenvalue weighted by Gasteiger charge is 2.31. The van der Waals surface area contributed by atoms with E-state index in [1.165, 1.54) is 0 Å². The van der Waals surface area contributed by atoms with E-state index in [0.29, 0.717) is 47.0 Å². The van der Waals surface area contributed by atoms with E-state index in [4.69, 9.17) is 20.2 Å². The first-order chi connectivity index (χ1) is 18.4. The number of para-hydroxylation sites is 2. The second-order valence-corrected chi connectivity index (χ2v) is 9.45. The van der Waals surface area contributed by atoms with Crippen molar-refractivity contribution in [1.29, 1.82) is 0 Å². The van der Waals surface area contributed by atoms with Crippen molar-refractivity contribution >= 4 is 56.9 Å². The molecule has 1 fully saturated rings. The van der Waals surface area contributed by atoms with Gasteiger partial charge in [-0.3, -0.25) is 13.3 Å². The SMILES string of the molecule is COc1cc(Nc2nc3ccccc3nc2N(c2cccc(N3CC(C(N)=O)C3)c2)S(=O)[O-])cc(OC)c1. The maximum absolute atomic E-state index is 12.7. The highest BCUT2D eigenvalue weighted by Crippen LogP contribution is 2.37. The number of carbonyl (C=O) groups excluding carboxylic acids is 1. The smallest absolute Gasteiger partial charge is 0.224 e. The average Bonchev–Trinajstić information content (AvgIpc) is 2.87. The number of rotatable bonds is 9. The minimum absolute atomic E-state index is 0.0783. The van der Waals surface area contributed by atoms with Crippen LogP contribution in [0.1, 0.15) is 0 Å². The van der Waals surface area contributed by atoms with Crippen LogP contribution in [0, 0.1) is 5.92 Å². The number of nitrogens with two attached hydrogens (primary N) is 1. The number of amides is 1. The second kappa shape index (κ2) is 10.5. The molecule has 1 saturated heterocycles. The fourth-order valence-corrected chi connectivity index (χ4v) is 4.75. The van der Waals surface area contributed by atoms with E-state index in [1.54, 1.807) is 68.8 Å². The molecule has 12 heteroatoms. The lowest BCUT2D eigenvalue weighted by Crippen LogP contribution is -2.52. The molecule has 3 aromatic carbocycles. The van der Waals surface area contributed by atoms with Crippen LogP contribution in [0.3, 0.4) is 0 Å². The molecule has 1 unspecified atom stereocenters. The molecule has 1 atom stereocenters. The largest absolute Gasteiger partial charge is 0.755 e. The molecule has 3 N–H and O–H groups in total. The summed E-state index contributed by atoms with van der Waals surface area (Å²) in [5, 5.41) is 3.19. The topological polar surface area (TPSA) is 146 Å². The summed E-state index contributed by atoms with van der Waals surface area (Å²) in [5.74, 6) is 0.799. The van der Waals surface area contributed by atoms with Gasteiger partial charge in [-0.05, 0) is 30.3 Å². The third-order valence-electron chi connectivity index (χ3n) is 6.22. The first-order valence-corrected chi connectivity index (χ1v) is 12.7. The van der Waals surface area contributed by atoms with Crippen molar-refractivity contribution in [2.75, 3.05) is 41.8 Å². The van der Waals surface area contributed by atoms with Crippen LogP contribution in [0.25, 0.3) is 11.0 Å². The van der Waals surface area contributed by atoms with Gasteiger partial charge >= 0.3 is 0 Å². The summed E-state index contributed by atoms with van der Waals surface area (Å²) in [6.07, 6.45) is 0. The van der Waals surface area contributed by atoms with Gasteiger partial charge in [0.1, 0.15) is 11.5 Å². The third kappa shape index (κ3) is 5.04. The highest BCUT2D eigenvalue weighted by molar-refractivity contribution is 7.81. The van der Waals surface area contributed by atoms with Crippen LogP contribution in [-0.4, -0.2) is 51.9 Å². The molecule has 0 aliphatic carbocycles. The summed E-state index contributed by atoms with van der Waals surface area (Å²) >= 11 is -2.75. The Balaban J connectivity index is 1.59. The van der Waals surface area contributed by atoms with Crippen molar-refractivity contribution in [3.05, 3.63) is 66.7 Å². The summed E-state index contributed by atoms with van der Waals surface area (Å²) in [5.41, 5.74) is 8.19. The molecule has 0 bridgehead atoms. The molecule has 0 saturated carbocycles. The van der Waals surface area contributed by atoms with Crippen molar-refractivity contribution in [1.82, 2.24) is 9.97 Å². The van der Waals surface area contributed by atoms with E-state index in [1.807, 2.05) is 17.0 Å². The Morgan fingerprint density at radius 1 is 1.03 bits per heavy atom. The predicted octanol–water partition coefficient (Wildman–Crippen LogP) is 3.24. The van der Waals surface area contributed by atoms with Crippen molar-refractivity contribution in [3.63, 3.8) is 0 Å². The number of aromatic nitrogens is 2. The molecule has 2 heterocycles. The molecule has 1 aliphatic heterocycles. The number of benzene rings is 3. The number of nitrogens with one attached hydrogen (secondary N) is 1. The van der Waals surface area contributed by atoms with Crippen molar-refractivity contribution in [3.8, 4) is 11.5 Å².